The summed E-state index contributed by atoms with van der Waals surface area (Å²) in [7, 11) is -3.17. The van der Waals surface area contributed by atoms with Gasteiger partial charge in [0.1, 0.15) is 5.72 Å². The second kappa shape index (κ2) is 3.68. The van der Waals surface area contributed by atoms with Crippen LogP contribution in [0.3, 0.4) is 0 Å². The Kier molecular flexibility index (Phi) is 2.78. The van der Waals surface area contributed by atoms with E-state index in [0.717, 1.165) is 6.42 Å². The first-order valence-corrected chi connectivity index (χ1v) is 7.78. The lowest BCUT2D eigenvalue weighted by Crippen LogP contribution is -2.73. The van der Waals surface area contributed by atoms with Crippen LogP contribution in [0, 0.1) is 5.92 Å². The maximum Gasteiger partial charge on any atom is 0.231 e. The molecular formula is C11H19NO4S. The van der Waals surface area contributed by atoms with Gasteiger partial charge in [0.05, 0.1) is 17.8 Å². The third-order valence-corrected chi connectivity index (χ3v) is 5.54. The Hall–Kier alpha value is -0.620. The quantitative estimate of drug-likeness (QED) is 0.675. The van der Waals surface area contributed by atoms with Gasteiger partial charge in [-0.05, 0) is 27.2 Å². The molecule has 3 atom stereocenters. The Bertz CT molecular complexity index is 442. The number of ether oxygens (including phenoxy) is 1. The normalized spacial score (nSPS) is 33.9. The van der Waals surface area contributed by atoms with Crippen LogP contribution in [0.5, 0.6) is 0 Å². The monoisotopic (exact) mass is 261 g/mol. The molecule has 2 aliphatic heterocycles. The molecule has 2 saturated heterocycles. The smallest absolute Gasteiger partial charge is 0.231 e. The van der Waals surface area contributed by atoms with Crippen LogP contribution in [-0.2, 0) is 19.4 Å². The molecule has 0 aromatic rings. The molecule has 2 rings (SSSR count). The average Bonchev–Trinajstić information content (AvgIpc) is 2.13. The number of hydrogen-bond acceptors (Lipinski definition) is 4. The summed E-state index contributed by atoms with van der Waals surface area (Å²) in [5.41, 5.74) is -0.603. The summed E-state index contributed by atoms with van der Waals surface area (Å²) in [4.78, 5) is 13.8. The summed E-state index contributed by atoms with van der Waals surface area (Å²) in [6.45, 7) is 5.89. The van der Waals surface area contributed by atoms with E-state index >= 15 is 0 Å². The van der Waals surface area contributed by atoms with Crippen molar-refractivity contribution in [2.45, 2.75) is 44.2 Å². The van der Waals surface area contributed by atoms with Crippen molar-refractivity contribution in [3.05, 3.63) is 0 Å². The highest BCUT2D eigenvalue weighted by Crippen LogP contribution is 2.42. The van der Waals surface area contributed by atoms with Gasteiger partial charge >= 0.3 is 0 Å². The predicted molar refractivity (Wildman–Crippen MR) is 63.1 cm³/mol. The number of amides is 1. The average molecular weight is 261 g/mol. The SMILES string of the molecule is CC(C1C(=O)N2C1CCOC2(C)C)S(C)(=O)=O. The van der Waals surface area contributed by atoms with E-state index in [1.807, 2.05) is 13.8 Å². The molecule has 0 N–H and O–H groups in total. The standard InChI is InChI=1S/C11H19NO4S/c1-7(17(4,14)15)9-8-5-6-16-11(2,3)12(8)10(9)13/h7-9H,5-6H2,1-4H3. The lowest BCUT2D eigenvalue weighted by Gasteiger charge is -2.58. The van der Waals surface area contributed by atoms with E-state index < -0.39 is 26.7 Å². The lowest BCUT2D eigenvalue weighted by molar-refractivity contribution is -0.232. The molecule has 2 fully saturated rings. The lowest BCUT2D eigenvalue weighted by atomic mass is 9.80. The first-order chi connectivity index (χ1) is 7.66. The van der Waals surface area contributed by atoms with Crippen molar-refractivity contribution in [1.29, 1.82) is 0 Å². The van der Waals surface area contributed by atoms with Gasteiger partial charge in [0, 0.05) is 12.3 Å². The molecule has 0 saturated carbocycles. The third kappa shape index (κ3) is 1.87. The number of β-lactam (4-membered cyclic amide) rings is 1. The molecule has 3 unspecified atom stereocenters. The van der Waals surface area contributed by atoms with E-state index in [0.29, 0.717) is 6.61 Å². The Labute approximate surface area is 102 Å². The third-order valence-electron chi connectivity index (χ3n) is 3.90. The number of carbonyl (C=O) groups is 1. The van der Waals surface area contributed by atoms with Crippen molar-refractivity contribution in [3.8, 4) is 0 Å². The van der Waals surface area contributed by atoms with Crippen molar-refractivity contribution in [3.63, 3.8) is 0 Å². The molecule has 0 aromatic carbocycles. The zero-order valence-electron chi connectivity index (χ0n) is 10.6. The molecular weight excluding hydrogens is 242 g/mol. The molecule has 0 radical (unpaired) electrons. The number of rotatable bonds is 2. The summed E-state index contributed by atoms with van der Waals surface area (Å²) in [5, 5.41) is -0.606. The van der Waals surface area contributed by atoms with Crippen molar-refractivity contribution >= 4 is 15.7 Å². The second-order valence-electron chi connectivity index (χ2n) is 5.42. The Morgan fingerprint density at radius 1 is 1.47 bits per heavy atom. The second-order valence-corrected chi connectivity index (χ2v) is 7.82. The zero-order valence-corrected chi connectivity index (χ0v) is 11.5. The van der Waals surface area contributed by atoms with Gasteiger partial charge in [0.2, 0.25) is 5.91 Å². The minimum absolute atomic E-state index is 0.0102. The molecule has 6 heteroatoms. The first kappa shape index (κ1) is 12.8. The number of fused-ring (bicyclic) bond motifs is 1. The largest absolute Gasteiger partial charge is 0.356 e. The van der Waals surface area contributed by atoms with Crippen LogP contribution in [0.15, 0.2) is 0 Å². The summed E-state index contributed by atoms with van der Waals surface area (Å²) >= 11 is 0. The fraction of sp³-hybridized carbons (Fsp3) is 0.909. The van der Waals surface area contributed by atoms with E-state index in [1.165, 1.54) is 6.26 Å². The van der Waals surface area contributed by atoms with Crippen LogP contribution in [-0.4, -0.2) is 49.1 Å². The van der Waals surface area contributed by atoms with Gasteiger partial charge < -0.3 is 9.64 Å². The minimum atomic E-state index is -3.17. The van der Waals surface area contributed by atoms with Crippen molar-refractivity contribution in [2.24, 2.45) is 5.92 Å². The van der Waals surface area contributed by atoms with E-state index in [4.69, 9.17) is 4.74 Å². The summed E-state index contributed by atoms with van der Waals surface area (Å²) in [5.74, 6) is -0.495. The molecule has 2 aliphatic rings. The molecule has 2 heterocycles. The van der Waals surface area contributed by atoms with Crippen LogP contribution >= 0.6 is 0 Å². The van der Waals surface area contributed by atoms with E-state index in [2.05, 4.69) is 0 Å². The van der Waals surface area contributed by atoms with Gasteiger partial charge in [-0.15, -0.1) is 0 Å². The molecule has 5 nitrogen and oxygen atoms in total. The number of nitrogens with zero attached hydrogens (tertiary/aromatic N) is 1. The maximum atomic E-state index is 12.1. The van der Waals surface area contributed by atoms with Crippen molar-refractivity contribution < 1.29 is 17.9 Å². The fourth-order valence-electron chi connectivity index (χ4n) is 2.82. The van der Waals surface area contributed by atoms with Gasteiger partial charge in [-0.25, -0.2) is 8.42 Å². The first-order valence-electron chi connectivity index (χ1n) is 5.82. The van der Waals surface area contributed by atoms with Crippen LogP contribution in [0.2, 0.25) is 0 Å². The Balaban J connectivity index is 2.23. The maximum absolute atomic E-state index is 12.1. The molecule has 17 heavy (non-hydrogen) atoms. The van der Waals surface area contributed by atoms with Gasteiger partial charge in [-0.3, -0.25) is 4.79 Å². The molecule has 0 spiro atoms. The van der Waals surface area contributed by atoms with Crippen LogP contribution in [0.4, 0.5) is 0 Å². The number of hydrogen-bond donors (Lipinski definition) is 0. The topological polar surface area (TPSA) is 63.7 Å². The molecule has 0 bridgehead atoms. The highest BCUT2D eigenvalue weighted by molar-refractivity contribution is 7.91. The predicted octanol–water partition coefficient (Wildman–Crippen LogP) is 0.403. The van der Waals surface area contributed by atoms with Crippen molar-refractivity contribution in [2.75, 3.05) is 12.9 Å². The fourth-order valence-corrected chi connectivity index (χ4v) is 3.65. The van der Waals surface area contributed by atoms with Crippen LogP contribution < -0.4 is 0 Å². The van der Waals surface area contributed by atoms with Crippen LogP contribution in [0.1, 0.15) is 27.2 Å². The van der Waals surface area contributed by atoms with Crippen LogP contribution in [0.25, 0.3) is 0 Å². The van der Waals surface area contributed by atoms with Gasteiger partial charge in [-0.2, -0.15) is 0 Å². The van der Waals surface area contributed by atoms with E-state index in [-0.39, 0.29) is 11.9 Å². The summed E-state index contributed by atoms with van der Waals surface area (Å²) in [6, 6.07) is 0.0102. The zero-order chi connectivity index (χ0) is 13.0. The minimum Gasteiger partial charge on any atom is -0.356 e. The Morgan fingerprint density at radius 3 is 2.59 bits per heavy atom. The van der Waals surface area contributed by atoms with Crippen molar-refractivity contribution in [1.82, 2.24) is 4.90 Å². The highest BCUT2D eigenvalue weighted by Gasteiger charge is 2.58. The van der Waals surface area contributed by atoms with E-state index in [1.54, 1.807) is 11.8 Å². The molecule has 0 aromatic heterocycles. The van der Waals surface area contributed by atoms with Gasteiger partial charge in [0.25, 0.3) is 0 Å². The van der Waals surface area contributed by atoms with E-state index in [9.17, 15) is 13.2 Å². The molecule has 0 aliphatic carbocycles. The van der Waals surface area contributed by atoms with Gasteiger partial charge in [0.15, 0.2) is 9.84 Å². The Morgan fingerprint density at radius 2 is 2.06 bits per heavy atom. The molecule has 1 amide bonds. The number of sulfone groups is 1. The number of carbonyl (C=O) groups excluding carboxylic acids is 1. The summed E-state index contributed by atoms with van der Waals surface area (Å²) in [6.07, 6.45) is 1.91. The highest BCUT2D eigenvalue weighted by atomic mass is 32.2. The molecule has 98 valence electrons. The summed E-state index contributed by atoms with van der Waals surface area (Å²) < 4.78 is 28.6. The van der Waals surface area contributed by atoms with Gasteiger partial charge in [-0.1, -0.05) is 0 Å².